The van der Waals surface area contributed by atoms with E-state index in [9.17, 15) is 4.79 Å². The van der Waals surface area contributed by atoms with Crippen molar-refractivity contribution in [1.82, 2.24) is 4.90 Å². The maximum atomic E-state index is 12.3. The molecular weight excluding hydrogens is 242 g/mol. The van der Waals surface area contributed by atoms with Crippen molar-refractivity contribution in [3.8, 4) is 5.75 Å². The van der Waals surface area contributed by atoms with Crippen molar-refractivity contribution in [2.45, 2.75) is 6.92 Å². The average molecular weight is 263 g/mol. The minimum absolute atomic E-state index is 0.00593. The normalized spacial score (nSPS) is 19.8. The Bertz CT molecular complexity index is 476. The number of benzene rings is 1. The quantitative estimate of drug-likeness (QED) is 0.898. The van der Waals surface area contributed by atoms with Gasteiger partial charge >= 0.3 is 6.03 Å². The third-order valence-electron chi connectivity index (χ3n) is 3.49. The smallest absolute Gasteiger partial charge is 0.324 e. The van der Waals surface area contributed by atoms with E-state index >= 15 is 0 Å². The second-order valence-corrected chi connectivity index (χ2v) is 5.05. The van der Waals surface area contributed by atoms with Gasteiger partial charge in [0.1, 0.15) is 5.75 Å². The standard InChI is InChI=1S/C14H21N3O2/c1-10-4-5-13(19-3)12(6-10)17-9-11(7-15)8-16(2)14(17)18/h4-6,11H,7-9,15H2,1-3H3. The van der Waals surface area contributed by atoms with E-state index in [4.69, 9.17) is 10.5 Å². The van der Waals surface area contributed by atoms with Crippen LogP contribution < -0.4 is 15.4 Å². The number of hydrogen-bond acceptors (Lipinski definition) is 3. The summed E-state index contributed by atoms with van der Waals surface area (Å²) < 4.78 is 5.36. The van der Waals surface area contributed by atoms with Gasteiger partial charge in [-0.1, -0.05) is 6.07 Å². The van der Waals surface area contributed by atoms with Gasteiger partial charge in [-0.05, 0) is 31.2 Å². The Morgan fingerprint density at radius 3 is 2.79 bits per heavy atom. The fourth-order valence-electron chi connectivity index (χ4n) is 2.43. The Morgan fingerprint density at radius 2 is 2.16 bits per heavy atom. The predicted molar refractivity (Wildman–Crippen MR) is 75.6 cm³/mol. The van der Waals surface area contributed by atoms with Crippen LogP contribution in [0.3, 0.4) is 0 Å². The van der Waals surface area contributed by atoms with Gasteiger partial charge in [-0.25, -0.2) is 4.79 Å². The lowest BCUT2D eigenvalue weighted by molar-refractivity contribution is 0.193. The fourth-order valence-corrected chi connectivity index (χ4v) is 2.43. The maximum Gasteiger partial charge on any atom is 0.324 e. The molecular formula is C14H21N3O2. The minimum Gasteiger partial charge on any atom is -0.495 e. The molecule has 1 atom stereocenters. The first-order chi connectivity index (χ1) is 9.06. The van der Waals surface area contributed by atoms with E-state index in [0.717, 1.165) is 11.3 Å². The average Bonchev–Trinajstić information content (AvgIpc) is 2.41. The van der Waals surface area contributed by atoms with Crippen LogP contribution in [-0.4, -0.2) is 44.7 Å². The number of urea groups is 1. The highest BCUT2D eigenvalue weighted by Gasteiger charge is 2.31. The third-order valence-corrected chi connectivity index (χ3v) is 3.49. The van der Waals surface area contributed by atoms with Crippen molar-refractivity contribution >= 4 is 11.7 Å². The monoisotopic (exact) mass is 263 g/mol. The van der Waals surface area contributed by atoms with E-state index in [0.29, 0.717) is 25.4 Å². The molecule has 0 radical (unpaired) electrons. The molecule has 1 fully saturated rings. The summed E-state index contributed by atoms with van der Waals surface area (Å²) in [7, 11) is 3.42. The van der Waals surface area contributed by atoms with Gasteiger partial charge in [0.25, 0.3) is 0 Å². The number of hydrogen-bond donors (Lipinski definition) is 1. The second kappa shape index (κ2) is 5.48. The Kier molecular flexibility index (Phi) is 3.95. The summed E-state index contributed by atoms with van der Waals surface area (Å²) in [5, 5.41) is 0. The fraction of sp³-hybridized carbons (Fsp3) is 0.500. The zero-order chi connectivity index (χ0) is 14.0. The van der Waals surface area contributed by atoms with E-state index in [1.807, 2.05) is 25.1 Å². The van der Waals surface area contributed by atoms with E-state index in [1.54, 1.807) is 24.0 Å². The third kappa shape index (κ3) is 2.66. The second-order valence-electron chi connectivity index (χ2n) is 5.05. The van der Waals surface area contributed by atoms with Gasteiger partial charge in [-0.2, -0.15) is 0 Å². The lowest BCUT2D eigenvalue weighted by Crippen LogP contribution is -2.53. The Labute approximate surface area is 113 Å². The molecule has 2 amide bonds. The molecule has 5 nitrogen and oxygen atoms in total. The molecule has 104 valence electrons. The van der Waals surface area contributed by atoms with Crippen molar-refractivity contribution in [1.29, 1.82) is 0 Å². The summed E-state index contributed by atoms with van der Waals surface area (Å²) in [5.41, 5.74) is 7.67. The number of ether oxygens (including phenoxy) is 1. The van der Waals surface area contributed by atoms with Crippen LogP contribution in [-0.2, 0) is 0 Å². The minimum atomic E-state index is -0.00593. The molecule has 0 spiro atoms. The molecule has 1 aliphatic rings. The zero-order valence-corrected chi connectivity index (χ0v) is 11.7. The summed E-state index contributed by atoms with van der Waals surface area (Å²) in [6, 6.07) is 5.84. The predicted octanol–water partition coefficient (Wildman–Crippen LogP) is 1.45. The van der Waals surface area contributed by atoms with Crippen LogP contribution in [0.15, 0.2) is 18.2 Å². The molecule has 5 heteroatoms. The molecule has 1 heterocycles. The number of nitrogens with zero attached hydrogens (tertiary/aromatic N) is 2. The van der Waals surface area contributed by atoms with Crippen LogP contribution in [0.1, 0.15) is 5.56 Å². The number of methoxy groups -OCH3 is 1. The highest BCUT2D eigenvalue weighted by atomic mass is 16.5. The first kappa shape index (κ1) is 13.7. The number of aryl methyl sites for hydroxylation is 1. The largest absolute Gasteiger partial charge is 0.495 e. The Balaban J connectivity index is 2.38. The SMILES string of the molecule is COc1ccc(C)cc1N1CC(CN)CN(C)C1=O. The molecule has 2 rings (SSSR count). The van der Waals surface area contributed by atoms with Gasteiger partial charge in [0.2, 0.25) is 0 Å². The molecule has 1 unspecified atom stereocenters. The maximum absolute atomic E-state index is 12.3. The van der Waals surface area contributed by atoms with Crippen molar-refractivity contribution in [3.63, 3.8) is 0 Å². The van der Waals surface area contributed by atoms with Gasteiger partial charge in [0.15, 0.2) is 0 Å². The van der Waals surface area contributed by atoms with Crippen LogP contribution in [0.5, 0.6) is 5.75 Å². The Morgan fingerprint density at radius 1 is 1.42 bits per heavy atom. The first-order valence-corrected chi connectivity index (χ1v) is 6.44. The van der Waals surface area contributed by atoms with Crippen molar-refractivity contribution in [2.24, 2.45) is 11.7 Å². The van der Waals surface area contributed by atoms with E-state index < -0.39 is 0 Å². The topological polar surface area (TPSA) is 58.8 Å². The number of nitrogens with two attached hydrogens (primary N) is 1. The molecule has 19 heavy (non-hydrogen) atoms. The van der Waals surface area contributed by atoms with Gasteiger partial charge < -0.3 is 15.4 Å². The highest BCUT2D eigenvalue weighted by Crippen LogP contribution is 2.32. The highest BCUT2D eigenvalue weighted by molar-refractivity contribution is 5.94. The Hall–Kier alpha value is -1.75. The number of carbonyl (C=O) groups is 1. The van der Waals surface area contributed by atoms with Crippen molar-refractivity contribution < 1.29 is 9.53 Å². The lowest BCUT2D eigenvalue weighted by Gasteiger charge is -2.38. The van der Waals surface area contributed by atoms with Gasteiger partial charge in [0, 0.05) is 26.1 Å². The summed E-state index contributed by atoms with van der Waals surface area (Å²) in [5.74, 6) is 0.998. The van der Waals surface area contributed by atoms with Crippen molar-refractivity contribution in [2.75, 3.05) is 38.7 Å². The number of amides is 2. The first-order valence-electron chi connectivity index (χ1n) is 6.44. The van der Waals surface area contributed by atoms with Crippen LogP contribution >= 0.6 is 0 Å². The summed E-state index contributed by atoms with van der Waals surface area (Å²) >= 11 is 0. The molecule has 0 bridgehead atoms. The van der Waals surface area contributed by atoms with Crippen LogP contribution in [0, 0.1) is 12.8 Å². The number of anilines is 1. The molecule has 1 aliphatic heterocycles. The van der Waals surface area contributed by atoms with E-state index in [1.165, 1.54) is 0 Å². The molecule has 1 saturated heterocycles. The number of carbonyl (C=O) groups excluding carboxylic acids is 1. The van der Waals surface area contributed by atoms with Crippen LogP contribution in [0.2, 0.25) is 0 Å². The summed E-state index contributed by atoms with van der Waals surface area (Å²) in [6.07, 6.45) is 0. The number of rotatable bonds is 3. The molecule has 0 aliphatic carbocycles. The van der Waals surface area contributed by atoms with Crippen LogP contribution in [0.25, 0.3) is 0 Å². The molecule has 0 aromatic heterocycles. The van der Waals surface area contributed by atoms with Gasteiger partial charge in [-0.3, -0.25) is 4.90 Å². The molecule has 0 saturated carbocycles. The van der Waals surface area contributed by atoms with Crippen LogP contribution in [0.4, 0.5) is 10.5 Å². The molecule has 1 aromatic carbocycles. The lowest BCUT2D eigenvalue weighted by atomic mass is 10.1. The summed E-state index contributed by atoms with van der Waals surface area (Å²) in [4.78, 5) is 15.8. The van der Waals surface area contributed by atoms with E-state index in [-0.39, 0.29) is 11.9 Å². The van der Waals surface area contributed by atoms with Gasteiger partial charge in [-0.15, -0.1) is 0 Å². The van der Waals surface area contributed by atoms with E-state index in [2.05, 4.69) is 0 Å². The van der Waals surface area contributed by atoms with Crippen molar-refractivity contribution in [3.05, 3.63) is 23.8 Å². The molecule has 2 N–H and O–H groups in total. The van der Waals surface area contributed by atoms with Gasteiger partial charge in [0.05, 0.1) is 12.8 Å². The summed E-state index contributed by atoms with van der Waals surface area (Å²) in [6.45, 7) is 3.92. The zero-order valence-electron chi connectivity index (χ0n) is 11.7. The molecule has 1 aromatic rings.